The van der Waals surface area contributed by atoms with Gasteiger partial charge in [0.2, 0.25) is 0 Å². The van der Waals surface area contributed by atoms with Gasteiger partial charge in [0.05, 0.1) is 7.11 Å². The lowest BCUT2D eigenvalue weighted by Crippen LogP contribution is -2.36. The molecule has 3 heteroatoms. The molecule has 1 aliphatic carbocycles. The van der Waals surface area contributed by atoms with Crippen molar-refractivity contribution in [2.75, 3.05) is 13.4 Å². The van der Waals surface area contributed by atoms with Gasteiger partial charge in [-0.3, -0.25) is 0 Å². The Bertz CT molecular complexity index is 421. The minimum absolute atomic E-state index is 0.341. The molecule has 2 nitrogen and oxygen atoms in total. The van der Waals surface area contributed by atoms with E-state index in [0.717, 1.165) is 11.0 Å². The van der Waals surface area contributed by atoms with E-state index < -0.39 is 0 Å². The third-order valence-electron chi connectivity index (χ3n) is 4.07. The molecule has 3 unspecified atom stereocenters. The maximum absolute atomic E-state index is 5.52. The summed E-state index contributed by atoms with van der Waals surface area (Å²) in [6, 6.07) is 7.45. The monoisotopic (exact) mass is 279 g/mol. The first-order valence-electron chi connectivity index (χ1n) is 7.09. The molecule has 1 fully saturated rings. The van der Waals surface area contributed by atoms with Crippen molar-refractivity contribution in [1.82, 2.24) is 5.32 Å². The van der Waals surface area contributed by atoms with Gasteiger partial charge in [0, 0.05) is 22.9 Å². The summed E-state index contributed by atoms with van der Waals surface area (Å²) in [5.74, 6) is 0.999. The molecule has 1 aromatic carbocycles. The third kappa shape index (κ3) is 3.46. The molecule has 3 atom stereocenters. The zero-order valence-corrected chi connectivity index (χ0v) is 13.2. The molecule has 0 radical (unpaired) electrons. The summed E-state index contributed by atoms with van der Waals surface area (Å²) in [6.45, 7) is 4.34. The highest BCUT2D eigenvalue weighted by Crippen LogP contribution is 2.32. The summed E-state index contributed by atoms with van der Waals surface area (Å²) >= 11 is 2.00. The van der Waals surface area contributed by atoms with Crippen molar-refractivity contribution in [1.29, 1.82) is 0 Å². The zero-order valence-electron chi connectivity index (χ0n) is 12.4. The number of methoxy groups -OCH3 is 1. The fraction of sp³-hybridized carbons (Fsp3) is 0.625. The molecule has 1 aliphatic rings. The molecule has 0 bridgehead atoms. The van der Waals surface area contributed by atoms with E-state index in [1.54, 1.807) is 7.11 Å². The first-order valence-corrected chi connectivity index (χ1v) is 8.38. The predicted octanol–water partition coefficient (Wildman–Crippen LogP) is 3.94. The van der Waals surface area contributed by atoms with Crippen LogP contribution in [0.2, 0.25) is 0 Å². The number of ether oxygens (including phenoxy) is 1. The van der Waals surface area contributed by atoms with Crippen LogP contribution in [0.25, 0.3) is 0 Å². The lowest BCUT2D eigenvalue weighted by molar-refractivity contribution is 0.393. The number of thioether (sulfide) groups is 1. The Kier molecular flexibility index (Phi) is 5.17. The van der Waals surface area contributed by atoms with E-state index >= 15 is 0 Å². The Hall–Kier alpha value is -0.670. The van der Waals surface area contributed by atoms with Crippen molar-refractivity contribution in [2.24, 2.45) is 0 Å². The van der Waals surface area contributed by atoms with Gasteiger partial charge >= 0.3 is 0 Å². The number of aryl methyl sites for hydroxylation is 1. The van der Waals surface area contributed by atoms with Crippen LogP contribution in [-0.2, 0) is 0 Å². The SMILES string of the molecule is COc1cc(C)ccc1C(C)NC1CCCC1SC. The highest BCUT2D eigenvalue weighted by molar-refractivity contribution is 7.99. The minimum atomic E-state index is 0.341. The van der Waals surface area contributed by atoms with Crippen molar-refractivity contribution >= 4 is 11.8 Å². The van der Waals surface area contributed by atoms with E-state index in [-0.39, 0.29) is 0 Å². The Morgan fingerprint density at radius 3 is 2.84 bits per heavy atom. The van der Waals surface area contributed by atoms with Crippen molar-refractivity contribution < 1.29 is 4.74 Å². The molecular weight excluding hydrogens is 254 g/mol. The quantitative estimate of drug-likeness (QED) is 0.882. The largest absolute Gasteiger partial charge is 0.496 e. The van der Waals surface area contributed by atoms with Crippen LogP contribution in [0.3, 0.4) is 0 Å². The van der Waals surface area contributed by atoms with Crippen molar-refractivity contribution in [3.63, 3.8) is 0 Å². The van der Waals surface area contributed by atoms with E-state index in [9.17, 15) is 0 Å². The van der Waals surface area contributed by atoms with Crippen molar-refractivity contribution in [2.45, 2.75) is 50.4 Å². The average molecular weight is 279 g/mol. The summed E-state index contributed by atoms with van der Waals surface area (Å²) in [4.78, 5) is 0. The van der Waals surface area contributed by atoms with E-state index in [4.69, 9.17) is 4.74 Å². The molecule has 0 aromatic heterocycles. The highest BCUT2D eigenvalue weighted by Gasteiger charge is 2.28. The number of nitrogens with one attached hydrogen (secondary N) is 1. The molecule has 0 saturated heterocycles. The fourth-order valence-corrected chi connectivity index (χ4v) is 3.93. The van der Waals surface area contributed by atoms with Gasteiger partial charge in [-0.25, -0.2) is 0 Å². The maximum Gasteiger partial charge on any atom is 0.123 e. The van der Waals surface area contributed by atoms with Crippen molar-refractivity contribution in [3.8, 4) is 5.75 Å². The molecular formula is C16H25NOS. The van der Waals surface area contributed by atoms with Crippen LogP contribution in [0.1, 0.15) is 43.4 Å². The van der Waals surface area contributed by atoms with Crippen LogP contribution < -0.4 is 10.1 Å². The van der Waals surface area contributed by atoms with E-state index in [1.165, 1.54) is 30.4 Å². The smallest absolute Gasteiger partial charge is 0.123 e. The average Bonchev–Trinajstić information content (AvgIpc) is 2.85. The number of benzene rings is 1. The summed E-state index contributed by atoms with van der Waals surface area (Å²) in [5, 5.41) is 4.55. The molecule has 0 aliphatic heterocycles. The molecule has 106 valence electrons. The number of hydrogen-bond donors (Lipinski definition) is 1. The van der Waals surface area contributed by atoms with Crippen LogP contribution in [0.5, 0.6) is 5.75 Å². The Morgan fingerprint density at radius 2 is 2.16 bits per heavy atom. The molecule has 2 rings (SSSR count). The van der Waals surface area contributed by atoms with Gasteiger partial charge < -0.3 is 10.1 Å². The minimum Gasteiger partial charge on any atom is -0.496 e. The second-order valence-corrected chi connectivity index (χ2v) is 6.52. The third-order valence-corrected chi connectivity index (χ3v) is 5.24. The first-order chi connectivity index (χ1) is 9.15. The highest BCUT2D eigenvalue weighted by atomic mass is 32.2. The summed E-state index contributed by atoms with van der Waals surface area (Å²) in [7, 11) is 1.76. The van der Waals surface area contributed by atoms with Gasteiger partial charge in [-0.2, -0.15) is 11.8 Å². The van der Waals surface area contributed by atoms with Gasteiger partial charge in [-0.1, -0.05) is 18.6 Å². The van der Waals surface area contributed by atoms with Gasteiger partial charge in [-0.05, 0) is 44.6 Å². The second-order valence-electron chi connectivity index (χ2n) is 5.45. The fourth-order valence-electron chi connectivity index (χ4n) is 2.99. The molecule has 1 N–H and O–H groups in total. The molecule has 1 aromatic rings. The Balaban J connectivity index is 2.09. The summed E-state index contributed by atoms with van der Waals surface area (Å²) in [5.41, 5.74) is 2.51. The van der Waals surface area contributed by atoms with Gasteiger partial charge in [-0.15, -0.1) is 0 Å². The lowest BCUT2D eigenvalue weighted by Gasteiger charge is -2.25. The topological polar surface area (TPSA) is 21.3 Å². The van der Waals surface area contributed by atoms with Gasteiger partial charge in [0.1, 0.15) is 5.75 Å². The first kappa shape index (κ1) is 14.7. The number of rotatable bonds is 5. The van der Waals surface area contributed by atoms with Crippen molar-refractivity contribution in [3.05, 3.63) is 29.3 Å². The molecule has 19 heavy (non-hydrogen) atoms. The lowest BCUT2D eigenvalue weighted by atomic mass is 10.0. The predicted molar refractivity (Wildman–Crippen MR) is 84.2 cm³/mol. The normalized spacial score (nSPS) is 24.4. The van der Waals surface area contributed by atoms with Gasteiger partial charge in [0.25, 0.3) is 0 Å². The summed E-state index contributed by atoms with van der Waals surface area (Å²) in [6.07, 6.45) is 6.21. The van der Waals surface area contributed by atoms with Crippen LogP contribution in [0, 0.1) is 6.92 Å². The maximum atomic E-state index is 5.52. The van der Waals surface area contributed by atoms with Crippen LogP contribution >= 0.6 is 11.8 Å². The molecule has 0 amide bonds. The summed E-state index contributed by atoms with van der Waals surface area (Å²) < 4.78 is 5.52. The van der Waals surface area contributed by atoms with E-state index in [1.807, 2.05) is 11.8 Å². The standard InChI is InChI=1S/C16H25NOS/c1-11-8-9-13(15(10-11)18-3)12(2)17-14-6-5-7-16(14)19-4/h8-10,12,14,16-17H,5-7H2,1-4H3. The second kappa shape index (κ2) is 6.67. The van der Waals surface area contributed by atoms with Crippen LogP contribution in [-0.4, -0.2) is 24.7 Å². The van der Waals surface area contributed by atoms with E-state index in [2.05, 4.69) is 43.6 Å². The van der Waals surface area contributed by atoms with Gasteiger partial charge in [0.15, 0.2) is 0 Å². The zero-order chi connectivity index (χ0) is 13.8. The Morgan fingerprint density at radius 1 is 1.37 bits per heavy atom. The molecule has 1 saturated carbocycles. The Labute approximate surface area is 121 Å². The van der Waals surface area contributed by atoms with E-state index in [0.29, 0.717) is 12.1 Å². The van der Waals surface area contributed by atoms with Crippen LogP contribution in [0.15, 0.2) is 18.2 Å². The molecule has 0 heterocycles. The van der Waals surface area contributed by atoms with Crippen LogP contribution in [0.4, 0.5) is 0 Å². The number of hydrogen-bond acceptors (Lipinski definition) is 3. The molecule has 0 spiro atoms.